The number of imide groups is 1. The first-order valence-corrected chi connectivity index (χ1v) is 23.2. The maximum Gasteiger partial charge on any atom is 0.264 e. The molecule has 65 heavy (non-hydrogen) atoms. The van der Waals surface area contributed by atoms with E-state index in [9.17, 15) is 38.2 Å². The lowest BCUT2D eigenvalue weighted by molar-refractivity contribution is -0.134. The zero-order chi connectivity index (χ0) is 46.0. The molecule has 0 saturated carbocycles. The molecule has 17 heteroatoms. The van der Waals surface area contributed by atoms with E-state index < -0.39 is 12.5 Å². The lowest BCUT2D eigenvalue weighted by atomic mass is 9.92. The van der Waals surface area contributed by atoms with E-state index in [1.807, 2.05) is 21.9 Å². The molecule has 5 heterocycles. The Balaban J connectivity index is 0.834. The van der Waals surface area contributed by atoms with Gasteiger partial charge < -0.3 is 30.7 Å². The third kappa shape index (κ3) is 12.2. The van der Waals surface area contributed by atoms with E-state index in [-0.39, 0.29) is 59.9 Å². The first-order valence-electron chi connectivity index (χ1n) is 23.2. The number of carbonyl (C=O) groups is 5. The summed E-state index contributed by atoms with van der Waals surface area (Å²) in [5.74, 6) is -0.396. The van der Waals surface area contributed by atoms with Crippen molar-refractivity contribution in [1.82, 2.24) is 30.2 Å². The number of likely N-dealkylation sites (tertiary alicyclic amines) is 1. The number of alkyl halides is 2. The Bertz CT molecular complexity index is 2290. The zero-order valence-corrected chi connectivity index (χ0v) is 37.5. The number of nitrogens with one attached hydrogen (secondary N) is 5. The van der Waals surface area contributed by atoms with Crippen molar-refractivity contribution >= 4 is 52.4 Å². The van der Waals surface area contributed by atoms with Crippen LogP contribution in [0.3, 0.4) is 0 Å². The number of anilines is 3. The number of aryl methyl sites for hydroxylation is 2. The second kappa shape index (κ2) is 21.7. The maximum absolute atomic E-state index is 14.6. The van der Waals surface area contributed by atoms with Gasteiger partial charge in [-0.2, -0.15) is 5.10 Å². The lowest BCUT2D eigenvalue weighted by Gasteiger charge is -2.39. The van der Waals surface area contributed by atoms with Crippen LogP contribution in [-0.4, -0.2) is 99.8 Å². The minimum Gasteiger partial charge on any atom is -0.385 e. The van der Waals surface area contributed by atoms with E-state index in [1.54, 1.807) is 47.2 Å². The Morgan fingerprint density at radius 1 is 0.877 bits per heavy atom. The molecule has 4 aliphatic heterocycles. The number of aromatic nitrogens is 2. The van der Waals surface area contributed by atoms with Crippen molar-refractivity contribution in [2.45, 2.75) is 122 Å². The third-order valence-electron chi connectivity index (χ3n) is 13.0. The Labute approximate surface area is 379 Å². The summed E-state index contributed by atoms with van der Waals surface area (Å²) in [6.45, 7) is 4.07. The predicted octanol–water partition coefficient (Wildman–Crippen LogP) is 6.82. The second-order valence-corrected chi connectivity index (χ2v) is 17.7. The molecule has 0 spiro atoms. The summed E-state index contributed by atoms with van der Waals surface area (Å²) in [4.78, 5) is 67.4. The van der Waals surface area contributed by atoms with E-state index in [2.05, 4.69) is 26.4 Å². The van der Waals surface area contributed by atoms with Gasteiger partial charge in [-0.3, -0.25) is 39.4 Å². The van der Waals surface area contributed by atoms with E-state index in [0.29, 0.717) is 92.0 Å². The monoisotopic (exact) mass is 896 g/mol. The summed E-state index contributed by atoms with van der Waals surface area (Å²) in [7, 11) is 1.75. The third-order valence-corrected chi connectivity index (χ3v) is 13.0. The average Bonchev–Trinajstić information content (AvgIpc) is 3.73. The highest BCUT2D eigenvalue weighted by Crippen LogP contribution is 2.40. The molecule has 3 aromatic rings. The molecule has 348 valence electrons. The fourth-order valence-corrected chi connectivity index (χ4v) is 9.33. The van der Waals surface area contributed by atoms with Crippen molar-refractivity contribution in [2.75, 3.05) is 48.3 Å². The zero-order valence-electron chi connectivity index (χ0n) is 37.5. The van der Waals surface area contributed by atoms with Crippen LogP contribution >= 0.6 is 0 Å². The highest BCUT2D eigenvalue weighted by atomic mass is 19.3. The smallest absolute Gasteiger partial charge is 0.264 e. The number of nitrogens with zero attached hydrogens (tertiary/aromatic N) is 5. The standard InChI is InChI=1S/C48H62F2N10O5/c1-31(61)59-24-20-40(39(30-59)47(51)60-21-10-11-32-25-37(33-28-52-57(2)29-33)38(46(49)50)27-42(32)60)53-34-18-22-58(23-19-34)45(64)15-8-6-4-3-5-7-14-43(62)55-36-13-9-12-35(26-36)54-41-16-17-44(63)56-48(41)65/h9,12-13,25-29,34,41,46,51,53-54H,3-8,10-11,14-24,30H2,1-2H3,(H,55,62)(H,56,63,65). The van der Waals surface area contributed by atoms with Crippen LogP contribution in [0.4, 0.5) is 25.8 Å². The number of hydrogen-bond donors (Lipinski definition) is 5. The molecular formula is C48H62F2N10O5. The highest BCUT2D eigenvalue weighted by molar-refractivity contribution is 6.09. The molecule has 2 aromatic carbocycles. The molecule has 5 amide bonds. The van der Waals surface area contributed by atoms with Crippen LogP contribution in [-0.2, 0) is 37.4 Å². The van der Waals surface area contributed by atoms with Crippen LogP contribution in [0.5, 0.6) is 0 Å². The van der Waals surface area contributed by atoms with E-state index in [1.165, 1.54) is 13.0 Å². The number of hydrogen-bond acceptors (Lipinski definition) is 9. The average molecular weight is 897 g/mol. The second-order valence-electron chi connectivity index (χ2n) is 17.7. The number of piperidine rings is 2. The van der Waals surface area contributed by atoms with Crippen LogP contribution < -0.4 is 26.2 Å². The van der Waals surface area contributed by atoms with Gasteiger partial charge in [0.2, 0.25) is 29.5 Å². The van der Waals surface area contributed by atoms with Gasteiger partial charge in [-0.15, -0.1) is 0 Å². The summed E-state index contributed by atoms with van der Waals surface area (Å²) >= 11 is 0. The summed E-state index contributed by atoms with van der Waals surface area (Å²) in [5, 5.41) is 25.8. The highest BCUT2D eigenvalue weighted by Gasteiger charge is 2.33. The first-order chi connectivity index (χ1) is 31.3. The van der Waals surface area contributed by atoms with Gasteiger partial charge in [0.1, 0.15) is 11.9 Å². The van der Waals surface area contributed by atoms with Gasteiger partial charge in [-0.25, -0.2) is 8.78 Å². The molecule has 0 aliphatic carbocycles. The Hall–Kier alpha value is -6.13. The first kappa shape index (κ1) is 46.9. The SMILES string of the molecule is CC(=O)N1CCC(NC2CCN(C(=O)CCCCCCCCC(=O)Nc3cccc(NC4CCC(=O)NC4=O)c3)CC2)=C(C(=N)N2CCCc3cc(-c4cnn(C)c4)c(C(F)F)cc32)C1. The Kier molecular flexibility index (Phi) is 15.6. The van der Waals surface area contributed by atoms with E-state index in [0.717, 1.165) is 69.0 Å². The predicted molar refractivity (Wildman–Crippen MR) is 245 cm³/mol. The molecule has 2 fully saturated rings. The summed E-state index contributed by atoms with van der Waals surface area (Å²) in [6, 6.07) is 10.1. The van der Waals surface area contributed by atoms with E-state index >= 15 is 0 Å². The summed E-state index contributed by atoms with van der Waals surface area (Å²) in [6.07, 6.45) is 11.1. The van der Waals surface area contributed by atoms with Crippen LogP contribution in [0.25, 0.3) is 11.1 Å². The minimum absolute atomic E-state index is 0.0737. The number of amidine groups is 1. The lowest BCUT2D eigenvalue weighted by Crippen LogP contribution is -2.48. The molecule has 1 atom stereocenters. The molecule has 7 rings (SSSR count). The maximum atomic E-state index is 14.6. The molecule has 1 unspecified atom stereocenters. The summed E-state index contributed by atoms with van der Waals surface area (Å²) < 4.78 is 30.7. The number of amides is 5. The number of unbranched alkanes of at least 4 members (excludes halogenated alkanes) is 5. The molecular weight excluding hydrogens is 835 g/mol. The molecule has 0 bridgehead atoms. The van der Waals surface area contributed by atoms with Gasteiger partial charge in [0.25, 0.3) is 6.43 Å². The fourth-order valence-electron chi connectivity index (χ4n) is 9.33. The van der Waals surface area contributed by atoms with E-state index in [4.69, 9.17) is 0 Å². The van der Waals surface area contributed by atoms with Gasteiger partial charge >= 0.3 is 0 Å². The number of benzene rings is 2. The number of halogens is 2. The van der Waals surface area contributed by atoms with Gasteiger partial charge in [0, 0.05) is 118 Å². The topological polar surface area (TPSA) is 185 Å². The fraction of sp³-hybridized carbons (Fsp3) is 0.521. The van der Waals surface area contributed by atoms with Crippen molar-refractivity contribution in [1.29, 1.82) is 5.41 Å². The molecule has 0 radical (unpaired) electrons. The van der Waals surface area contributed by atoms with Crippen LogP contribution in [0.15, 0.2) is 60.1 Å². The van der Waals surface area contributed by atoms with Crippen LogP contribution in [0.1, 0.15) is 114 Å². The van der Waals surface area contributed by atoms with Gasteiger partial charge in [-0.05, 0) is 86.4 Å². The van der Waals surface area contributed by atoms with Gasteiger partial charge in [0.05, 0.1) is 12.7 Å². The van der Waals surface area contributed by atoms with Crippen molar-refractivity contribution in [3.63, 3.8) is 0 Å². The van der Waals surface area contributed by atoms with Crippen molar-refractivity contribution in [3.05, 3.63) is 71.2 Å². The normalized spacial score (nSPS) is 18.1. The molecule has 4 aliphatic rings. The summed E-state index contributed by atoms with van der Waals surface area (Å²) in [5.41, 5.74) is 5.40. The van der Waals surface area contributed by atoms with Crippen LogP contribution in [0, 0.1) is 5.41 Å². The molecule has 2 saturated heterocycles. The van der Waals surface area contributed by atoms with Crippen molar-refractivity contribution < 1.29 is 32.8 Å². The Morgan fingerprint density at radius 3 is 2.32 bits per heavy atom. The number of fused-ring (bicyclic) bond motifs is 1. The quantitative estimate of drug-likeness (QED) is 0.0420. The minimum atomic E-state index is -2.71. The van der Waals surface area contributed by atoms with Crippen molar-refractivity contribution in [3.8, 4) is 11.1 Å². The van der Waals surface area contributed by atoms with Gasteiger partial charge in [-0.1, -0.05) is 31.7 Å². The Morgan fingerprint density at radius 2 is 1.62 bits per heavy atom. The molecule has 15 nitrogen and oxygen atoms in total. The molecule has 5 N–H and O–H groups in total. The van der Waals surface area contributed by atoms with Crippen LogP contribution in [0.2, 0.25) is 0 Å². The van der Waals surface area contributed by atoms with Crippen molar-refractivity contribution in [2.24, 2.45) is 7.05 Å². The number of carbonyl (C=O) groups excluding carboxylic acids is 5. The molecule has 1 aromatic heterocycles. The largest absolute Gasteiger partial charge is 0.385 e. The van der Waals surface area contributed by atoms with Gasteiger partial charge in [0.15, 0.2) is 0 Å². The number of rotatable bonds is 17.